The SMILES string of the molecule is O=C(CC1Cc2ccccc21)c1ccc(F)c(Br)c1. The van der Waals surface area contributed by atoms with Crippen LogP contribution in [0.1, 0.15) is 33.8 Å². The Balaban J connectivity index is 1.75. The van der Waals surface area contributed by atoms with E-state index in [4.69, 9.17) is 0 Å². The van der Waals surface area contributed by atoms with Crippen molar-refractivity contribution in [2.24, 2.45) is 0 Å². The Morgan fingerprint density at radius 2 is 2.05 bits per heavy atom. The van der Waals surface area contributed by atoms with Crippen molar-refractivity contribution < 1.29 is 9.18 Å². The molecule has 3 rings (SSSR count). The number of carbonyl (C=O) groups is 1. The zero-order chi connectivity index (χ0) is 13.4. The molecule has 0 spiro atoms. The highest BCUT2D eigenvalue weighted by atomic mass is 79.9. The van der Waals surface area contributed by atoms with Gasteiger partial charge in [-0.25, -0.2) is 4.39 Å². The maximum absolute atomic E-state index is 13.1. The van der Waals surface area contributed by atoms with E-state index in [0.717, 1.165) is 6.42 Å². The summed E-state index contributed by atoms with van der Waals surface area (Å²) in [5.74, 6) is 0.0401. The van der Waals surface area contributed by atoms with Crippen LogP contribution in [0.2, 0.25) is 0 Å². The highest BCUT2D eigenvalue weighted by molar-refractivity contribution is 9.10. The van der Waals surface area contributed by atoms with Gasteiger partial charge >= 0.3 is 0 Å². The van der Waals surface area contributed by atoms with Gasteiger partial charge in [0.05, 0.1) is 4.47 Å². The van der Waals surface area contributed by atoms with Crippen LogP contribution < -0.4 is 0 Å². The minimum atomic E-state index is -0.342. The number of carbonyl (C=O) groups excluding carboxylic acids is 1. The first-order valence-electron chi connectivity index (χ1n) is 6.21. The Bertz CT molecular complexity index is 651. The lowest BCUT2D eigenvalue weighted by Crippen LogP contribution is -2.20. The average molecular weight is 319 g/mol. The van der Waals surface area contributed by atoms with Crippen molar-refractivity contribution in [3.05, 3.63) is 69.4 Å². The van der Waals surface area contributed by atoms with E-state index < -0.39 is 0 Å². The van der Waals surface area contributed by atoms with E-state index in [1.807, 2.05) is 12.1 Å². The first-order chi connectivity index (χ1) is 9.15. The van der Waals surface area contributed by atoms with Crippen LogP contribution in [0.5, 0.6) is 0 Å². The molecule has 19 heavy (non-hydrogen) atoms. The van der Waals surface area contributed by atoms with Gasteiger partial charge in [-0.1, -0.05) is 24.3 Å². The van der Waals surface area contributed by atoms with Crippen molar-refractivity contribution in [2.45, 2.75) is 18.8 Å². The second-order valence-corrected chi connectivity index (χ2v) is 5.71. The summed E-state index contributed by atoms with van der Waals surface area (Å²) >= 11 is 3.11. The molecule has 96 valence electrons. The molecule has 0 amide bonds. The van der Waals surface area contributed by atoms with Crippen LogP contribution in [0.25, 0.3) is 0 Å². The van der Waals surface area contributed by atoms with Gasteiger partial charge in [0.25, 0.3) is 0 Å². The molecular formula is C16H12BrFO. The second kappa shape index (κ2) is 4.89. The fourth-order valence-electron chi connectivity index (χ4n) is 2.56. The third kappa shape index (κ3) is 2.35. The van der Waals surface area contributed by atoms with Crippen molar-refractivity contribution in [3.8, 4) is 0 Å². The third-order valence-corrected chi connectivity index (χ3v) is 4.24. The van der Waals surface area contributed by atoms with Crippen molar-refractivity contribution in [1.29, 1.82) is 0 Å². The molecule has 0 bridgehead atoms. The quantitative estimate of drug-likeness (QED) is 0.761. The van der Waals surface area contributed by atoms with Gasteiger partial charge in [-0.15, -0.1) is 0 Å². The Morgan fingerprint density at radius 1 is 1.26 bits per heavy atom. The summed E-state index contributed by atoms with van der Waals surface area (Å²) in [5.41, 5.74) is 3.18. The van der Waals surface area contributed by atoms with E-state index >= 15 is 0 Å². The van der Waals surface area contributed by atoms with E-state index in [-0.39, 0.29) is 11.6 Å². The Hall–Kier alpha value is -1.48. The lowest BCUT2D eigenvalue weighted by atomic mass is 9.74. The molecule has 0 heterocycles. The number of Topliss-reactive ketones (excluding diaryl/α,β-unsaturated/α-hetero) is 1. The summed E-state index contributed by atoms with van der Waals surface area (Å²) < 4.78 is 13.5. The summed E-state index contributed by atoms with van der Waals surface area (Å²) in [5, 5.41) is 0. The van der Waals surface area contributed by atoms with Gasteiger partial charge in [-0.05, 0) is 57.6 Å². The minimum Gasteiger partial charge on any atom is -0.294 e. The Labute approximate surface area is 119 Å². The summed E-state index contributed by atoms with van der Waals surface area (Å²) in [6.07, 6.45) is 1.46. The van der Waals surface area contributed by atoms with Crippen LogP contribution in [-0.4, -0.2) is 5.78 Å². The molecule has 1 nitrogen and oxygen atoms in total. The molecule has 0 saturated heterocycles. The second-order valence-electron chi connectivity index (χ2n) is 4.86. The highest BCUT2D eigenvalue weighted by Gasteiger charge is 2.27. The summed E-state index contributed by atoms with van der Waals surface area (Å²) in [4.78, 5) is 12.2. The monoisotopic (exact) mass is 318 g/mol. The maximum atomic E-state index is 13.1. The van der Waals surface area contributed by atoms with Gasteiger partial charge in [0, 0.05) is 12.0 Å². The number of hydrogen-bond donors (Lipinski definition) is 0. The molecule has 3 heteroatoms. The minimum absolute atomic E-state index is 0.0696. The van der Waals surface area contributed by atoms with Crippen LogP contribution in [0.3, 0.4) is 0 Å². The number of ketones is 1. The molecule has 2 aromatic rings. The number of halogens is 2. The molecular weight excluding hydrogens is 307 g/mol. The Morgan fingerprint density at radius 3 is 2.79 bits per heavy atom. The third-order valence-electron chi connectivity index (χ3n) is 3.63. The van der Waals surface area contributed by atoms with Gasteiger partial charge in [-0.2, -0.15) is 0 Å². The zero-order valence-corrected chi connectivity index (χ0v) is 11.8. The smallest absolute Gasteiger partial charge is 0.163 e. The molecule has 1 unspecified atom stereocenters. The van der Waals surface area contributed by atoms with Crippen molar-refractivity contribution in [2.75, 3.05) is 0 Å². The van der Waals surface area contributed by atoms with Gasteiger partial charge in [-0.3, -0.25) is 4.79 Å². The molecule has 2 aromatic carbocycles. The largest absolute Gasteiger partial charge is 0.294 e. The topological polar surface area (TPSA) is 17.1 Å². The molecule has 0 aromatic heterocycles. The standard InChI is InChI=1S/C16H12BrFO/c17-14-8-11(5-6-15(14)18)16(19)9-12-7-10-3-1-2-4-13(10)12/h1-6,8,12H,7,9H2. The predicted octanol–water partition coefficient (Wildman–Crippen LogP) is 4.50. The maximum Gasteiger partial charge on any atom is 0.163 e. The number of rotatable bonds is 3. The fraction of sp³-hybridized carbons (Fsp3) is 0.188. The molecule has 1 atom stereocenters. The first-order valence-corrected chi connectivity index (χ1v) is 7.00. The van der Waals surface area contributed by atoms with Gasteiger partial charge in [0.15, 0.2) is 5.78 Å². The van der Waals surface area contributed by atoms with E-state index in [1.165, 1.54) is 17.2 Å². The lowest BCUT2D eigenvalue weighted by molar-refractivity contribution is 0.0970. The van der Waals surface area contributed by atoms with Gasteiger partial charge in [0.2, 0.25) is 0 Å². The zero-order valence-electron chi connectivity index (χ0n) is 10.2. The molecule has 1 aliphatic rings. The summed E-state index contributed by atoms with van der Waals surface area (Å²) in [7, 11) is 0. The Kier molecular flexibility index (Phi) is 3.23. The van der Waals surface area contributed by atoms with Crippen molar-refractivity contribution in [1.82, 2.24) is 0 Å². The molecule has 0 radical (unpaired) electrons. The number of benzene rings is 2. The van der Waals surface area contributed by atoms with Crippen LogP contribution in [-0.2, 0) is 6.42 Å². The highest BCUT2D eigenvalue weighted by Crippen LogP contribution is 2.38. The number of fused-ring (bicyclic) bond motifs is 1. The van der Waals surface area contributed by atoms with E-state index in [1.54, 1.807) is 12.1 Å². The first kappa shape index (κ1) is 12.5. The number of hydrogen-bond acceptors (Lipinski definition) is 1. The van der Waals surface area contributed by atoms with E-state index in [9.17, 15) is 9.18 Å². The van der Waals surface area contributed by atoms with Gasteiger partial charge in [0.1, 0.15) is 5.82 Å². The normalized spacial score (nSPS) is 16.6. The molecule has 0 fully saturated rings. The fourth-order valence-corrected chi connectivity index (χ4v) is 2.93. The van der Waals surface area contributed by atoms with Gasteiger partial charge < -0.3 is 0 Å². The molecule has 1 aliphatic carbocycles. The van der Waals surface area contributed by atoms with Crippen LogP contribution in [0.15, 0.2) is 46.9 Å². The molecule has 0 aliphatic heterocycles. The van der Waals surface area contributed by atoms with Crippen molar-refractivity contribution in [3.63, 3.8) is 0 Å². The van der Waals surface area contributed by atoms with Crippen LogP contribution in [0.4, 0.5) is 4.39 Å². The average Bonchev–Trinajstić information content (AvgIpc) is 2.39. The summed E-state index contributed by atoms with van der Waals surface area (Å²) in [6.45, 7) is 0. The lowest BCUT2D eigenvalue weighted by Gasteiger charge is -2.29. The molecule has 0 saturated carbocycles. The van der Waals surface area contributed by atoms with Crippen LogP contribution >= 0.6 is 15.9 Å². The van der Waals surface area contributed by atoms with E-state index in [0.29, 0.717) is 22.4 Å². The van der Waals surface area contributed by atoms with Crippen molar-refractivity contribution >= 4 is 21.7 Å². The summed E-state index contributed by atoms with van der Waals surface area (Å²) in [6, 6.07) is 12.6. The van der Waals surface area contributed by atoms with E-state index in [2.05, 4.69) is 28.1 Å². The van der Waals surface area contributed by atoms with Crippen LogP contribution in [0, 0.1) is 5.82 Å². The molecule has 0 N–H and O–H groups in total. The predicted molar refractivity (Wildman–Crippen MR) is 75.9 cm³/mol.